The number of phenolic OH excluding ortho intramolecular Hbond substituents is 1. The Hall–Kier alpha value is -2.04. The molecule has 0 aliphatic heterocycles. The Morgan fingerprint density at radius 1 is 1.15 bits per heavy atom. The van der Waals surface area contributed by atoms with E-state index in [0.29, 0.717) is 18.5 Å². The van der Waals surface area contributed by atoms with Gasteiger partial charge in [0.05, 0.1) is 11.8 Å². The zero-order chi connectivity index (χ0) is 14.9. The number of carboxylic acids is 1. The third kappa shape index (κ3) is 2.76. The Balaban J connectivity index is 2.17. The van der Waals surface area contributed by atoms with Crippen LogP contribution in [0.2, 0.25) is 0 Å². The van der Waals surface area contributed by atoms with Crippen molar-refractivity contribution >= 4 is 17.6 Å². The molecule has 1 fully saturated rings. The number of carboxylic acid groups (broad SMARTS) is 1. The molecule has 20 heavy (non-hydrogen) atoms. The minimum absolute atomic E-state index is 0.132. The number of benzene rings is 1. The molecule has 108 valence electrons. The third-order valence-corrected chi connectivity index (χ3v) is 4.00. The largest absolute Gasteiger partial charge is 0.508 e. The first-order chi connectivity index (χ1) is 9.40. The first-order valence-corrected chi connectivity index (χ1v) is 6.69. The van der Waals surface area contributed by atoms with Crippen LogP contribution in [0.5, 0.6) is 5.75 Å². The van der Waals surface area contributed by atoms with Crippen LogP contribution in [0.4, 0.5) is 5.69 Å². The van der Waals surface area contributed by atoms with Crippen LogP contribution in [0.15, 0.2) is 24.3 Å². The maximum atomic E-state index is 12.5. The van der Waals surface area contributed by atoms with Gasteiger partial charge >= 0.3 is 5.97 Å². The molecule has 5 nitrogen and oxygen atoms in total. The summed E-state index contributed by atoms with van der Waals surface area (Å²) in [5.41, 5.74) is 0.650. The molecule has 1 aliphatic carbocycles. The van der Waals surface area contributed by atoms with Crippen molar-refractivity contribution in [2.24, 2.45) is 17.8 Å². The highest BCUT2D eigenvalue weighted by atomic mass is 16.4. The number of carbonyl (C=O) groups excluding carboxylic acids is 1. The Morgan fingerprint density at radius 3 is 2.25 bits per heavy atom. The van der Waals surface area contributed by atoms with Gasteiger partial charge in [-0.2, -0.15) is 0 Å². The van der Waals surface area contributed by atoms with Crippen molar-refractivity contribution in [2.45, 2.75) is 19.8 Å². The summed E-state index contributed by atoms with van der Waals surface area (Å²) in [7, 11) is 1.64. The second-order valence-corrected chi connectivity index (χ2v) is 5.54. The zero-order valence-corrected chi connectivity index (χ0v) is 11.6. The minimum Gasteiger partial charge on any atom is -0.508 e. The number of phenols is 1. The van der Waals surface area contributed by atoms with Gasteiger partial charge < -0.3 is 15.1 Å². The molecule has 5 heteroatoms. The average Bonchev–Trinajstić information content (AvgIpc) is 2.80. The fourth-order valence-electron chi connectivity index (χ4n) is 2.89. The van der Waals surface area contributed by atoms with Gasteiger partial charge in [-0.05, 0) is 43.0 Å². The molecule has 1 saturated carbocycles. The lowest BCUT2D eigenvalue weighted by atomic mass is 9.94. The molecule has 1 aromatic rings. The Bertz CT molecular complexity index is 511. The number of aliphatic carboxylic acids is 1. The van der Waals surface area contributed by atoms with E-state index >= 15 is 0 Å². The number of anilines is 1. The summed E-state index contributed by atoms with van der Waals surface area (Å²) >= 11 is 0. The summed E-state index contributed by atoms with van der Waals surface area (Å²) in [5.74, 6) is -1.76. The van der Waals surface area contributed by atoms with Crippen LogP contribution in [0.1, 0.15) is 19.8 Å². The second kappa shape index (κ2) is 5.53. The van der Waals surface area contributed by atoms with Crippen LogP contribution in [0.25, 0.3) is 0 Å². The van der Waals surface area contributed by atoms with Crippen LogP contribution in [0.3, 0.4) is 0 Å². The number of rotatable bonds is 3. The van der Waals surface area contributed by atoms with Gasteiger partial charge in [0, 0.05) is 12.7 Å². The second-order valence-electron chi connectivity index (χ2n) is 5.54. The Kier molecular flexibility index (Phi) is 3.97. The molecular formula is C15H19NO4. The van der Waals surface area contributed by atoms with E-state index < -0.39 is 17.8 Å². The zero-order valence-electron chi connectivity index (χ0n) is 11.6. The van der Waals surface area contributed by atoms with Crippen molar-refractivity contribution in [1.29, 1.82) is 0 Å². The number of hydrogen-bond acceptors (Lipinski definition) is 3. The monoisotopic (exact) mass is 277 g/mol. The highest BCUT2D eigenvalue weighted by Gasteiger charge is 2.42. The van der Waals surface area contributed by atoms with Gasteiger partial charge in [-0.3, -0.25) is 9.59 Å². The van der Waals surface area contributed by atoms with Crippen molar-refractivity contribution in [2.75, 3.05) is 11.9 Å². The molecule has 2 N–H and O–H groups in total. The molecule has 2 rings (SSSR count). The number of nitrogens with zero attached hydrogens (tertiary/aromatic N) is 1. The molecular weight excluding hydrogens is 258 g/mol. The van der Waals surface area contributed by atoms with Gasteiger partial charge in [-0.15, -0.1) is 0 Å². The van der Waals surface area contributed by atoms with Crippen molar-refractivity contribution in [3.63, 3.8) is 0 Å². The summed E-state index contributed by atoms with van der Waals surface area (Å²) in [6, 6.07) is 6.29. The fourth-order valence-corrected chi connectivity index (χ4v) is 2.89. The molecule has 3 unspecified atom stereocenters. The van der Waals surface area contributed by atoms with Crippen LogP contribution in [-0.2, 0) is 9.59 Å². The summed E-state index contributed by atoms with van der Waals surface area (Å²) in [6.45, 7) is 1.98. The lowest BCUT2D eigenvalue weighted by Crippen LogP contribution is -2.36. The van der Waals surface area contributed by atoms with Gasteiger partial charge in [-0.1, -0.05) is 6.92 Å². The minimum atomic E-state index is -0.896. The lowest BCUT2D eigenvalue weighted by Gasteiger charge is -2.23. The predicted molar refractivity (Wildman–Crippen MR) is 74.5 cm³/mol. The molecule has 0 bridgehead atoms. The Morgan fingerprint density at radius 2 is 1.70 bits per heavy atom. The van der Waals surface area contributed by atoms with E-state index in [0.717, 1.165) is 0 Å². The quantitative estimate of drug-likeness (QED) is 0.887. The molecule has 0 spiro atoms. The molecule has 3 atom stereocenters. The summed E-state index contributed by atoms with van der Waals surface area (Å²) in [6.07, 6.45) is 1.16. The van der Waals surface area contributed by atoms with Gasteiger partial charge in [0.15, 0.2) is 0 Å². The first kappa shape index (κ1) is 14.4. The maximum absolute atomic E-state index is 12.5. The van der Waals surface area contributed by atoms with E-state index in [2.05, 4.69) is 0 Å². The number of carbonyl (C=O) groups is 2. The number of amides is 1. The smallest absolute Gasteiger partial charge is 0.307 e. The van der Waals surface area contributed by atoms with Gasteiger partial charge in [0.2, 0.25) is 5.91 Å². The highest BCUT2D eigenvalue weighted by molar-refractivity contribution is 5.97. The molecule has 1 aliphatic rings. The van der Waals surface area contributed by atoms with E-state index in [4.69, 9.17) is 0 Å². The normalized spacial score (nSPS) is 25.4. The summed E-state index contributed by atoms with van der Waals surface area (Å²) < 4.78 is 0. The molecule has 0 saturated heterocycles. The van der Waals surface area contributed by atoms with Crippen LogP contribution in [0, 0.1) is 17.8 Å². The van der Waals surface area contributed by atoms with E-state index in [1.165, 1.54) is 17.0 Å². The summed E-state index contributed by atoms with van der Waals surface area (Å²) in [5, 5.41) is 18.5. The van der Waals surface area contributed by atoms with Crippen LogP contribution < -0.4 is 4.90 Å². The van der Waals surface area contributed by atoms with Crippen molar-refractivity contribution in [3.05, 3.63) is 24.3 Å². The molecule has 0 radical (unpaired) electrons. The van der Waals surface area contributed by atoms with Crippen LogP contribution >= 0.6 is 0 Å². The van der Waals surface area contributed by atoms with Crippen molar-refractivity contribution in [3.8, 4) is 5.75 Å². The third-order valence-electron chi connectivity index (χ3n) is 4.00. The van der Waals surface area contributed by atoms with Gasteiger partial charge in [0.25, 0.3) is 0 Å². The molecule has 0 aromatic heterocycles. The standard InChI is InChI=1S/C15H19NO4/c1-9-7-12(13(8-9)15(19)20)14(18)16(2)10-3-5-11(17)6-4-10/h3-6,9,12-13,17H,7-8H2,1-2H3,(H,19,20). The van der Waals surface area contributed by atoms with E-state index in [9.17, 15) is 19.8 Å². The SMILES string of the molecule is CC1CC(C(=O)O)C(C(=O)N(C)c2ccc(O)cc2)C1. The van der Waals surface area contributed by atoms with E-state index in [1.807, 2.05) is 6.92 Å². The highest BCUT2D eigenvalue weighted by Crippen LogP contribution is 2.38. The Labute approximate surface area is 117 Å². The first-order valence-electron chi connectivity index (χ1n) is 6.69. The lowest BCUT2D eigenvalue weighted by molar-refractivity contribution is -0.145. The number of aromatic hydroxyl groups is 1. The average molecular weight is 277 g/mol. The molecule has 1 amide bonds. The van der Waals surface area contributed by atoms with Gasteiger partial charge in [0.1, 0.15) is 5.75 Å². The number of hydrogen-bond donors (Lipinski definition) is 2. The summed E-state index contributed by atoms with van der Waals surface area (Å²) in [4.78, 5) is 25.2. The predicted octanol–water partition coefficient (Wildman–Crippen LogP) is 2.10. The van der Waals surface area contributed by atoms with Crippen LogP contribution in [-0.4, -0.2) is 29.1 Å². The van der Waals surface area contributed by atoms with Crippen molar-refractivity contribution in [1.82, 2.24) is 0 Å². The molecule has 1 aromatic carbocycles. The molecule has 0 heterocycles. The van der Waals surface area contributed by atoms with E-state index in [-0.39, 0.29) is 17.6 Å². The fraction of sp³-hybridized carbons (Fsp3) is 0.467. The van der Waals surface area contributed by atoms with Gasteiger partial charge in [-0.25, -0.2) is 0 Å². The topological polar surface area (TPSA) is 77.8 Å². The van der Waals surface area contributed by atoms with Crippen molar-refractivity contribution < 1.29 is 19.8 Å². The van der Waals surface area contributed by atoms with E-state index in [1.54, 1.807) is 19.2 Å². The maximum Gasteiger partial charge on any atom is 0.307 e.